The van der Waals surface area contributed by atoms with E-state index in [1.165, 1.54) is 0 Å². The van der Waals surface area contributed by atoms with Gasteiger partial charge in [-0.1, -0.05) is 19.8 Å². The molecule has 1 aromatic rings. The van der Waals surface area contributed by atoms with Gasteiger partial charge in [0, 0.05) is 19.1 Å². The van der Waals surface area contributed by atoms with Gasteiger partial charge in [0.25, 0.3) is 0 Å². The topological polar surface area (TPSA) is 92.1 Å². The maximum absolute atomic E-state index is 12.8. The van der Waals surface area contributed by atoms with Gasteiger partial charge in [0.15, 0.2) is 0 Å². The summed E-state index contributed by atoms with van der Waals surface area (Å²) >= 11 is 0. The van der Waals surface area contributed by atoms with Gasteiger partial charge in [-0.15, -0.1) is 0 Å². The molecular formula is C12H22N4O2S. The van der Waals surface area contributed by atoms with E-state index < -0.39 is 10.0 Å². The summed E-state index contributed by atoms with van der Waals surface area (Å²) in [5.74, 6) is 0. The highest BCUT2D eigenvalue weighted by atomic mass is 32.2. The van der Waals surface area contributed by atoms with Crippen LogP contribution in [0.25, 0.3) is 0 Å². The lowest BCUT2D eigenvalue weighted by Gasteiger charge is -2.26. The fourth-order valence-corrected chi connectivity index (χ4v) is 4.92. The second-order valence-corrected chi connectivity index (χ2v) is 6.80. The lowest BCUT2D eigenvalue weighted by molar-refractivity contribution is 0.335. The Bertz CT molecular complexity index is 532. The molecule has 0 saturated heterocycles. The molecule has 0 atom stereocenters. The Hall–Kier alpha value is -0.920. The van der Waals surface area contributed by atoms with E-state index in [0.29, 0.717) is 17.9 Å². The Kier molecular flexibility index (Phi) is 4.27. The number of sulfonamides is 1. The highest BCUT2D eigenvalue weighted by Crippen LogP contribution is 2.30. The summed E-state index contributed by atoms with van der Waals surface area (Å²) in [5, 5.41) is 6.72. The monoisotopic (exact) mass is 286 g/mol. The molecule has 1 aliphatic rings. The van der Waals surface area contributed by atoms with Crippen LogP contribution in [0.3, 0.4) is 0 Å². The third-order valence-electron chi connectivity index (χ3n) is 3.76. The van der Waals surface area contributed by atoms with Crippen LogP contribution in [0.15, 0.2) is 4.90 Å². The van der Waals surface area contributed by atoms with Crippen molar-refractivity contribution in [1.29, 1.82) is 0 Å². The van der Waals surface area contributed by atoms with Gasteiger partial charge in [0.05, 0.1) is 11.4 Å². The quantitative estimate of drug-likeness (QED) is 0.848. The first-order chi connectivity index (χ1) is 9.02. The third kappa shape index (κ3) is 2.54. The lowest BCUT2D eigenvalue weighted by Crippen LogP contribution is -2.39. The fraction of sp³-hybridized carbons (Fsp3) is 0.750. The van der Waals surface area contributed by atoms with Crippen molar-refractivity contribution in [3.63, 3.8) is 0 Å². The summed E-state index contributed by atoms with van der Waals surface area (Å²) in [6, 6.07) is 0.120. The van der Waals surface area contributed by atoms with Gasteiger partial charge in [-0.2, -0.15) is 9.40 Å². The number of hydrogen-bond donors (Lipinski definition) is 2. The van der Waals surface area contributed by atoms with Crippen LogP contribution in [0.2, 0.25) is 0 Å². The van der Waals surface area contributed by atoms with E-state index >= 15 is 0 Å². The molecule has 6 nitrogen and oxygen atoms in total. The van der Waals surface area contributed by atoms with Crippen LogP contribution in [0.1, 0.15) is 44.0 Å². The van der Waals surface area contributed by atoms with Gasteiger partial charge in [-0.25, -0.2) is 8.42 Å². The molecule has 1 fully saturated rings. The predicted octanol–water partition coefficient (Wildman–Crippen LogP) is 1.13. The molecule has 1 saturated carbocycles. The fourth-order valence-electron chi connectivity index (χ4n) is 2.88. The Labute approximate surface area is 114 Å². The molecule has 0 aromatic carbocycles. The number of nitrogens with one attached hydrogen (secondary N) is 1. The first-order valence-corrected chi connectivity index (χ1v) is 8.22. The van der Waals surface area contributed by atoms with Gasteiger partial charge < -0.3 is 5.73 Å². The minimum absolute atomic E-state index is 0.120. The zero-order valence-corrected chi connectivity index (χ0v) is 12.3. The molecule has 0 amide bonds. The summed E-state index contributed by atoms with van der Waals surface area (Å²) in [6.07, 6.45) is 4.10. The minimum Gasteiger partial charge on any atom is -0.325 e. The van der Waals surface area contributed by atoms with E-state index in [-0.39, 0.29) is 17.5 Å². The van der Waals surface area contributed by atoms with E-state index in [1.807, 2.05) is 6.92 Å². The van der Waals surface area contributed by atoms with Gasteiger partial charge in [-0.3, -0.25) is 5.10 Å². The first kappa shape index (κ1) is 14.5. The number of aromatic nitrogens is 2. The molecule has 0 spiro atoms. The predicted molar refractivity (Wildman–Crippen MR) is 73.0 cm³/mol. The number of rotatable bonds is 5. The lowest BCUT2D eigenvalue weighted by atomic mass is 10.2. The van der Waals surface area contributed by atoms with E-state index in [1.54, 1.807) is 11.2 Å². The molecule has 7 heteroatoms. The van der Waals surface area contributed by atoms with Crippen LogP contribution in [0.4, 0.5) is 0 Å². The van der Waals surface area contributed by atoms with Crippen LogP contribution < -0.4 is 5.73 Å². The van der Waals surface area contributed by atoms with E-state index in [9.17, 15) is 8.42 Å². The number of H-pyrrole nitrogens is 1. The molecule has 1 aromatic heterocycles. The molecule has 0 radical (unpaired) electrons. The smallest absolute Gasteiger partial charge is 0.247 e. The Balaban J connectivity index is 2.42. The van der Waals surface area contributed by atoms with Gasteiger partial charge in [-0.05, 0) is 19.8 Å². The van der Waals surface area contributed by atoms with Crippen molar-refractivity contribution in [2.24, 2.45) is 5.73 Å². The zero-order valence-electron chi connectivity index (χ0n) is 11.5. The Morgan fingerprint density at radius 2 is 2.05 bits per heavy atom. The largest absolute Gasteiger partial charge is 0.325 e. The molecule has 0 aliphatic heterocycles. The second-order valence-electron chi connectivity index (χ2n) is 4.98. The average Bonchev–Trinajstić information content (AvgIpc) is 2.99. The zero-order chi connectivity index (χ0) is 14.0. The minimum atomic E-state index is -3.51. The number of nitrogens with two attached hydrogens (primary N) is 1. The van der Waals surface area contributed by atoms with Crippen molar-refractivity contribution >= 4 is 10.0 Å². The van der Waals surface area contributed by atoms with Crippen molar-refractivity contribution in [2.75, 3.05) is 6.54 Å². The molecule has 0 bridgehead atoms. The van der Waals surface area contributed by atoms with Gasteiger partial charge in [0.2, 0.25) is 10.0 Å². The molecule has 19 heavy (non-hydrogen) atoms. The van der Waals surface area contributed by atoms with E-state index in [4.69, 9.17) is 5.73 Å². The van der Waals surface area contributed by atoms with Crippen LogP contribution in [-0.4, -0.2) is 35.5 Å². The highest BCUT2D eigenvalue weighted by Gasteiger charge is 2.35. The van der Waals surface area contributed by atoms with Crippen LogP contribution in [-0.2, 0) is 16.6 Å². The van der Waals surface area contributed by atoms with Crippen LogP contribution in [0.5, 0.6) is 0 Å². The number of aryl methyl sites for hydroxylation is 1. The maximum atomic E-state index is 12.8. The SMILES string of the molecule is CCN(C1CCCC1)S(=O)(=O)c1c(CN)n[nH]c1C. The van der Waals surface area contributed by atoms with Gasteiger partial charge in [0.1, 0.15) is 4.90 Å². The number of aromatic amines is 1. The molecule has 0 unspecified atom stereocenters. The Morgan fingerprint density at radius 1 is 1.42 bits per heavy atom. The third-order valence-corrected chi connectivity index (χ3v) is 6.00. The molecule has 3 N–H and O–H groups in total. The first-order valence-electron chi connectivity index (χ1n) is 6.78. The number of hydrogen-bond acceptors (Lipinski definition) is 4. The standard InChI is InChI=1S/C12H22N4O2S/c1-3-16(10-6-4-5-7-10)19(17,18)12-9(2)14-15-11(12)8-13/h10H,3-8,13H2,1-2H3,(H,14,15). The highest BCUT2D eigenvalue weighted by molar-refractivity contribution is 7.89. The molecular weight excluding hydrogens is 264 g/mol. The summed E-state index contributed by atoms with van der Waals surface area (Å²) in [5.41, 5.74) is 6.58. The summed E-state index contributed by atoms with van der Waals surface area (Å²) in [6.45, 7) is 4.22. The van der Waals surface area contributed by atoms with Crippen molar-refractivity contribution in [3.8, 4) is 0 Å². The summed E-state index contributed by atoms with van der Waals surface area (Å²) < 4.78 is 27.3. The Morgan fingerprint density at radius 3 is 2.58 bits per heavy atom. The van der Waals surface area contributed by atoms with Crippen LogP contribution >= 0.6 is 0 Å². The summed E-state index contributed by atoms with van der Waals surface area (Å²) in [7, 11) is -3.51. The van der Waals surface area contributed by atoms with Crippen molar-refractivity contribution in [3.05, 3.63) is 11.4 Å². The van der Waals surface area contributed by atoms with Crippen molar-refractivity contribution < 1.29 is 8.42 Å². The summed E-state index contributed by atoms with van der Waals surface area (Å²) in [4.78, 5) is 0.267. The molecule has 1 aliphatic carbocycles. The van der Waals surface area contributed by atoms with E-state index in [0.717, 1.165) is 25.7 Å². The number of nitrogens with zero attached hydrogens (tertiary/aromatic N) is 2. The van der Waals surface area contributed by atoms with Crippen LogP contribution in [0, 0.1) is 6.92 Å². The molecule has 2 rings (SSSR count). The van der Waals surface area contributed by atoms with E-state index in [2.05, 4.69) is 10.2 Å². The van der Waals surface area contributed by atoms with Crippen molar-refractivity contribution in [1.82, 2.24) is 14.5 Å². The normalized spacial score (nSPS) is 17.5. The molecule has 108 valence electrons. The average molecular weight is 286 g/mol. The van der Waals surface area contributed by atoms with Crippen molar-refractivity contribution in [2.45, 2.75) is 57.0 Å². The van der Waals surface area contributed by atoms with Gasteiger partial charge >= 0.3 is 0 Å². The molecule has 1 heterocycles. The maximum Gasteiger partial charge on any atom is 0.247 e. The second kappa shape index (κ2) is 5.60.